The van der Waals surface area contributed by atoms with E-state index in [1.165, 1.54) is 18.4 Å². The van der Waals surface area contributed by atoms with Crippen LogP contribution in [0.15, 0.2) is 53.7 Å². The summed E-state index contributed by atoms with van der Waals surface area (Å²) in [6, 6.07) is 16.5. The van der Waals surface area contributed by atoms with Gasteiger partial charge in [-0.1, -0.05) is 53.7 Å². The molecule has 0 aliphatic carbocycles. The standard InChI is InChI=1S/C20H21ClN2OS/c21-16-9-10-19-18(12-16)22-20(25-14-17-8-4-5-11-24-17)23(19)13-15-6-2-1-3-7-15/h1-3,6-7,9-10,12,17H,4-5,8,11,13-14H2. The largest absolute Gasteiger partial charge is 0.377 e. The second-order valence-corrected chi connectivity index (χ2v) is 7.82. The van der Waals surface area contributed by atoms with Crippen molar-refractivity contribution in [3.05, 3.63) is 59.1 Å². The third-order valence-electron chi connectivity index (χ3n) is 4.53. The fraction of sp³-hybridized carbons (Fsp3) is 0.350. The average molecular weight is 373 g/mol. The Kier molecular flexibility index (Phi) is 5.30. The quantitative estimate of drug-likeness (QED) is 0.561. The number of ether oxygens (including phenoxy) is 1. The molecule has 3 nitrogen and oxygen atoms in total. The van der Waals surface area contributed by atoms with Gasteiger partial charge in [0.05, 0.1) is 23.7 Å². The van der Waals surface area contributed by atoms with Crippen LogP contribution in [-0.4, -0.2) is 28.0 Å². The Morgan fingerprint density at radius 2 is 2.04 bits per heavy atom. The van der Waals surface area contributed by atoms with E-state index in [1.807, 2.05) is 18.2 Å². The normalized spacial score (nSPS) is 17.9. The lowest BCUT2D eigenvalue weighted by Gasteiger charge is -2.22. The van der Waals surface area contributed by atoms with Crippen molar-refractivity contribution in [2.45, 2.75) is 37.1 Å². The Bertz CT molecular complexity index is 844. The third-order valence-corrected chi connectivity index (χ3v) is 5.87. The summed E-state index contributed by atoms with van der Waals surface area (Å²) in [6.07, 6.45) is 3.94. The van der Waals surface area contributed by atoms with Crippen LogP contribution in [0.4, 0.5) is 0 Å². The minimum absolute atomic E-state index is 0.340. The molecular formula is C20H21ClN2OS. The van der Waals surface area contributed by atoms with Crippen LogP contribution in [0.3, 0.4) is 0 Å². The maximum atomic E-state index is 6.16. The number of hydrogen-bond acceptors (Lipinski definition) is 3. The summed E-state index contributed by atoms with van der Waals surface area (Å²) in [6.45, 7) is 1.70. The van der Waals surface area contributed by atoms with E-state index < -0.39 is 0 Å². The molecule has 0 spiro atoms. The van der Waals surface area contributed by atoms with E-state index in [2.05, 4.69) is 34.9 Å². The summed E-state index contributed by atoms with van der Waals surface area (Å²) in [5.41, 5.74) is 3.35. The van der Waals surface area contributed by atoms with Gasteiger partial charge in [-0.05, 0) is 43.0 Å². The molecule has 0 N–H and O–H groups in total. The summed E-state index contributed by atoms with van der Waals surface area (Å²) in [7, 11) is 0. The summed E-state index contributed by atoms with van der Waals surface area (Å²) in [4.78, 5) is 4.84. The second kappa shape index (κ2) is 7.81. The van der Waals surface area contributed by atoms with Gasteiger partial charge >= 0.3 is 0 Å². The smallest absolute Gasteiger partial charge is 0.169 e. The fourth-order valence-corrected chi connectivity index (χ4v) is 4.46. The molecule has 2 aromatic carbocycles. The molecule has 1 aliphatic heterocycles. The first-order valence-electron chi connectivity index (χ1n) is 8.74. The zero-order valence-corrected chi connectivity index (χ0v) is 15.6. The molecular weight excluding hydrogens is 352 g/mol. The van der Waals surface area contributed by atoms with Crippen molar-refractivity contribution in [2.75, 3.05) is 12.4 Å². The van der Waals surface area contributed by atoms with Crippen molar-refractivity contribution in [1.29, 1.82) is 0 Å². The lowest BCUT2D eigenvalue weighted by atomic mass is 10.1. The number of nitrogens with zero attached hydrogens (tertiary/aromatic N) is 2. The molecule has 1 unspecified atom stereocenters. The summed E-state index contributed by atoms with van der Waals surface area (Å²) in [5.74, 6) is 0.950. The van der Waals surface area contributed by atoms with Crippen LogP contribution in [0.25, 0.3) is 11.0 Å². The first-order valence-corrected chi connectivity index (χ1v) is 10.1. The Labute approximate surface area is 157 Å². The Morgan fingerprint density at radius 3 is 2.84 bits per heavy atom. The van der Waals surface area contributed by atoms with Crippen molar-refractivity contribution >= 4 is 34.4 Å². The number of hydrogen-bond donors (Lipinski definition) is 0. The maximum Gasteiger partial charge on any atom is 0.169 e. The van der Waals surface area contributed by atoms with Gasteiger partial charge in [0, 0.05) is 17.4 Å². The van der Waals surface area contributed by atoms with E-state index in [0.29, 0.717) is 6.10 Å². The van der Waals surface area contributed by atoms with Crippen LogP contribution < -0.4 is 0 Å². The number of thioether (sulfide) groups is 1. The Morgan fingerprint density at radius 1 is 1.16 bits per heavy atom. The lowest BCUT2D eigenvalue weighted by molar-refractivity contribution is 0.0315. The Balaban J connectivity index is 1.62. The molecule has 2 heterocycles. The highest BCUT2D eigenvalue weighted by atomic mass is 35.5. The summed E-state index contributed by atoms with van der Waals surface area (Å²) in [5, 5.41) is 1.76. The van der Waals surface area contributed by atoms with Gasteiger partial charge in [0.1, 0.15) is 0 Å². The molecule has 5 heteroatoms. The molecule has 25 heavy (non-hydrogen) atoms. The molecule has 0 amide bonds. The monoisotopic (exact) mass is 372 g/mol. The molecule has 1 saturated heterocycles. The van der Waals surface area contributed by atoms with Crippen LogP contribution in [0.2, 0.25) is 5.02 Å². The first-order chi connectivity index (χ1) is 12.3. The number of halogens is 1. The molecule has 0 radical (unpaired) electrons. The van der Waals surface area contributed by atoms with E-state index in [-0.39, 0.29) is 0 Å². The number of imidazole rings is 1. The lowest BCUT2D eigenvalue weighted by Crippen LogP contribution is -2.21. The predicted octanol–water partition coefficient (Wildman–Crippen LogP) is 5.40. The van der Waals surface area contributed by atoms with Gasteiger partial charge in [0.2, 0.25) is 0 Å². The molecule has 0 saturated carbocycles. The van der Waals surface area contributed by atoms with Crippen LogP contribution in [-0.2, 0) is 11.3 Å². The van der Waals surface area contributed by atoms with Gasteiger partial charge in [-0.25, -0.2) is 4.98 Å². The number of benzene rings is 2. The zero-order chi connectivity index (χ0) is 17.1. The van der Waals surface area contributed by atoms with Gasteiger partial charge < -0.3 is 9.30 Å². The van der Waals surface area contributed by atoms with Gasteiger partial charge in [-0.15, -0.1) is 0 Å². The predicted molar refractivity (Wildman–Crippen MR) is 105 cm³/mol. The first kappa shape index (κ1) is 17.0. The summed E-state index contributed by atoms with van der Waals surface area (Å²) >= 11 is 7.95. The molecule has 1 atom stereocenters. The highest BCUT2D eigenvalue weighted by Gasteiger charge is 2.17. The zero-order valence-electron chi connectivity index (χ0n) is 14.0. The number of fused-ring (bicyclic) bond motifs is 1. The number of rotatable bonds is 5. The van der Waals surface area contributed by atoms with Crippen molar-refractivity contribution in [3.8, 4) is 0 Å². The SMILES string of the molecule is Clc1ccc2c(c1)nc(SCC1CCCCO1)n2Cc1ccccc1. The second-order valence-electron chi connectivity index (χ2n) is 6.40. The molecule has 1 fully saturated rings. The van der Waals surface area contributed by atoms with Crippen LogP contribution in [0, 0.1) is 0 Å². The van der Waals surface area contributed by atoms with Crippen molar-refractivity contribution < 1.29 is 4.74 Å². The molecule has 4 rings (SSSR count). The van der Waals surface area contributed by atoms with Gasteiger partial charge in [-0.2, -0.15) is 0 Å². The molecule has 1 aliphatic rings. The average Bonchev–Trinajstić information content (AvgIpc) is 2.98. The molecule has 0 bridgehead atoms. The van der Waals surface area contributed by atoms with E-state index >= 15 is 0 Å². The third kappa shape index (κ3) is 4.02. The van der Waals surface area contributed by atoms with Gasteiger partial charge in [0.25, 0.3) is 0 Å². The number of aromatic nitrogens is 2. The van der Waals surface area contributed by atoms with E-state index in [0.717, 1.165) is 46.5 Å². The fourth-order valence-electron chi connectivity index (χ4n) is 3.22. The molecule has 3 aromatic rings. The van der Waals surface area contributed by atoms with Crippen LogP contribution >= 0.6 is 23.4 Å². The molecule has 1 aromatic heterocycles. The minimum atomic E-state index is 0.340. The van der Waals surface area contributed by atoms with Crippen molar-refractivity contribution in [3.63, 3.8) is 0 Å². The van der Waals surface area contributed by atoms with Crippen molar-refractivity contribution in [2.24, 2.45) is 0 Å². The van der Waals surface area contributed by atoms with E-state index in [9.17, 15) is 0 Å². The Hall–Kier alpha value is -1.49. The minimum Gasteiger partial charge on any atom is -0.377 e. The highest BCUT2D eigenvalue weighted by Crippen LogP contribution is 2.29. The van der Waals surface area contributed by atoms with E-state index in [1.54, 1.807) is 11.8 Å². The van der Waals surface area contributed by atoms with Crippen molar-refractivity contribution in [1.82, 2.24) is 9.55 Å². The van der Waals surface area contributed by atoms with Crippen LogP contribution in [0.1, 0.15) is 24.8 Å². The molecule has 130 valence electrons. The topological polar surface area (TPSA) is 27.1 Å². The van der Waals surface area contributed by atoms with E-state index in [4.69, 9.17) is 21.3 Å². The van der Waals surface area contributed by atoms with Crippen LogP contribution in [0.5, 0.6) is 0 Å². The maximum absolute atomic E-state index is 6.16. The van der Waals surface area contributed by atoms with Gasteiger partial charge in [-0.3, -0.25) is 0 Å². The highest BCUT2D eigenvalue weighted by molar-refractivity contribution is 7.99. The summed E-state index contributed by atoms with van der Waals surface area (Å²) < 4.78 is 8.16. The van der Waals surface area contributed by atoms with Gasteiger partial charge in [0.15, 0.2) is 5.16 Å².